The van der Waals surface area contributed by atoms with Gasteiger partial charge in [-0.15, -0.1) is 0 Å². The Balaban J connectivity index is 1.61. The van der Waals surface area contributed by atoms with E-state index in [0.29, 0.717) is 23.3 Å². The molecule has 2 aliphatic heterocycles. The van der Waals surface area contributed by atoms with Crippen molar-refractivity contribution < 1.29 is 9.90 Å². The first-order chi connectivity index (χ1) is 12.1. The molecule has 0 aliphatic carbocycles. The third kappa shape index (κ3) is 4.20. The Labute approximate surface area is 149 Å². The molecule has 25 heavy (non-hydrogen) atoms. The number of nitriles is 1. The topological polar surface area (TPSA) is 67.6 Å². The van der Waals surface area contributed by atoms with Crippen LogP contribution in [0.25, 0.3) is 0 Å². The standard InChI is InChI=1S/C20H27N3O2/c1-15(25)23-7-5-18(6-8-23)20-13-22(12-19(20)14-24)11-17-4-2-3-16(9-17)10-21/h2-4,9,18-20,24H,5-8,11-14H2,1H3/t19-,20-/m0/s1. The zero-order valence-electron chi connectivity index (χ0n) is 14.9. The molecule has 134 valence electrons. The minimum absolute atomic E-state index is 0.169. The maximum absolute atomic E-state index is 11.5. The second-order valence-corrected chi connectivity index (χ2v) is 7.46. The lowest BCUT2D eigenvalue weighted by Crippen LogP contribution is -2.40. The SMILES string of the molecule is CC(=O)N1CCC([C@@H]2CN(Cc3cccc(C#N)c3)C[C@H]2CO)CC1. The Kier molecular flexibility index (Phi) is 5.72. The van der Waals surface area contributed by atoms with Crippen molar-refractivity contribution in [2.24, 2.45) is 17.8 Å². The van der Waals surface area contributed by atoms with Crippen LogP contribution in [0, 0.1) is 29.1 Å². The van der Waals surface area contributed by atoms with E-state index < -0.39 is 0 Å². The first-order valence-electron chi connectivity index (χ1n) is 9.18. The van der Waals surface area contributed by atoms with Crippen LogP contribution in [0.3, 0.4) is 0 Å². The third-order valence-corrected chi connectivity index (χ3v) is 5.85. The van der Waals surface area contributed by atoms with E-state index in [1.54, 1.807) is 6.92 Å². The van der Waals surface area contributed by atoms with Crippen LogP contribution in [0.2, 0.25) is 0 Å². The van der Waals surface area contributed by atoms with Crippen LogP contribution in [-0.4, -0.2) is 53.6 Å². The quantitative estimate of drug-likeness (QED) is 0.908. The number of carbonyl (C=O) groups is 1. The maximum Gasteiger partial charge on any atom is 0.219 e. The van der Waals surface area contributed by atoms with Crippen molar-refractivity contribution in [1.29, 1.82) is 5.26 Å². The molecular weight excluding hydrogens is 314 g/mol. The number of rotatable bonds is 4. The summed E-state index contributed by atoms with van der Waals surface area (Å²) in [7, 11) is 0. The molecule has 0 spiro atoms. The Morgan fingerprint density at radius 2 is 2.08 bits per heavy atom. The number of aliphatic hydroxyl groups is 1. The lowest BCUT2D eigenvalue weighted by molar-refractivity contribution is -0.130. The fourth-order valence-corrected chi connectivity index (χ4v) is 4.48. The minimum atomic E-state index is 0.169. The van der Waals surface area contributed by atoms with Gasteiger partial charge in [-0.3, -0.25) is 9.69 Å². The highest BCUT2D eigenvalue weighted by atomic mass is 16.3. The molecule has 2 aliphatic rings. The summed E-state index contributed by atoms with van der Waals surface area (Å²) >= 11 is 0. The molecule has 0 aromatic heterocycles. The van der Waals surface area contributed by atoms with Gasteiger partial charge in [0.1, 0.15) is 0 Å². The van der Waals surface area contributed by atoms with Gasteiger partial charge in [0.2, 0.25) is 5.91 Å². The van der Waals surface area contributed by atoms with Crippen LogP contribution < -0.4 is 0 Å². The largest absolute Gasteiger partial charge is 0.396 e. The molecule has 3 rings (SSSR count). The van der Waals surface area contributed by atoms with Crippen LogP contribution in [0.15, 0.2) is 24.3 Å². The number of amides is 1. The van der Waals surface area contributed by atoms with Crippen LogP contribution in [0.4, 0.5) is 0 Å². The average molecular weight is 341 g/mol. The Morgan fingerprint density at radius 3 is 2.72 bits per heavy atom. The number of aliphatic hydroxyl groups excluding tert-OH is 1. The Hall–Kier alpha value is -1.90. The van der Waals surface area contributed by atoms with E-state index in [1.807, 2.05) is 23.1 Å². The summed E-state index contributed by atoms with van der Waals surface area (Å²) in [5, 5.41) is 18.9. The summed E-state index contributed by atoms with van der Waals surface area (Å²) in [4.78, 5) is 15.8. The molecule has 0 unspecified atom stereocenters. The highest BCUT2D eigenvalue weighted by Crippen LogP contribution is 2.36. The molecule has 1 aromatic carbocycles. The summed E-state index contributed by atoms with van der Waals surface area (Å²) in [5.74, 6) is 1.57. The molecule has 2 saturated heterocycles. The smallest absolute Gasteiger partial charge is 0.219 e. The summed E-state index contributed by atoms with van der Waals surface area (Å²) < 4.78 is 0. The van der Waals surface area contributed by atoms with Gasteiger partial charge in [0, 0.05) is 46.3 Å². The third-order valence-electron chi connectivity index (χ3n) is 5.85. The molecule has 0 bridgehead atoms. The van der Waals surface area contributed by atoms with Crippen molar-refractivity contribution in [2.45, 2.75) is 26.3 Å². The van der Waals surface area contributed by atoms with E-state index in [-0.39, 0.29) is 12.5 Å². The van der Waals surface area contributed by atoms with Crippen molar-refractivity contribution in [1.82, 2.24) is 9.80 Å². The summed E-state index contributed by atoms with van der Waals surface area (Å²) in [6.45, 7) is 6.29. The second kappa shape index (κ2) is 7.99. The molecule has 2 fully saturated rings. The van der Waals surface area contributed by atoms with Gasteiger partial charge >= 0.3 is 0 Å². The van der Waals surface area contributed by atoms with Gasteiger partial charge in [-0.2, -0.15) is 5.26 Å². The minimum Gasteiger partial charge on any atom is -0.396 e. The fourth-order valence-electron chi connectivity index (χ4n) is 4.48. The first kappa shape index (κ1) is 17.9. The maximum atomic E-state index is 11.5. The van der Waals surface area contributed by atoms with Crippen LogP contribution in [-0.2, 0) is 11.3 Å². The lowest BCUT2D eigenvalue weighted by Gasteiger charge is -2.36. The van der Waals surface area contributed by atoms with Gasteiger partial charge in [0.05, 0.1) is 11.6 Å². The van der Waals surface area contributed by atoms with E-state index in [1.165, 1.54) is 0 Å². The van der Waals surface area contributed by atoms with E-state index in [9.17, 15) is 9.90 Å². The highest BCUT2D eigenvalue weighted by molar-refractivity contribution is 5.73. The van der Waals surface area contributed by atoms with E-state index in [4.69, 9.17) is 5.26 Å². The summed E-state index contributed by atoms with van der Waals surface area (Å²) in [6, 6.07) is 9.97. The van der Waals surface area contributed by atoms with Gasteiger partial charge in [0.25, 0.3) is 0 Å². The zero-order valence-corrected chi connectivity index (χ0v) is 14.9. The molecular formula is C20H27N3O2. The summed E-state index contributed by atoms with van der Waals surface area (Å²) in [6.07, 6.45) is 2.08. The number of likely N-dealkylation sites (tertiary alicyclic amines) is 2. The molecule has 1 N–H and O–H groups in total. The number of benzene rings is 1. The molecule has 1 aromatic rings. The first-order valence-corrected chi connectivity index (χ1v) is 9.18. The molecule has 1 amide bonds. The predicted octanol–water partition coefficient (Wildman–Crippen LogP) is 1.86. The van der Waals surface area contributed by atoms with Crippen molar-refractivity contribution in [2.75, 3.05) is 32.8 Å². The zero-order chi connectivity index (χ0) is 17.8. The Bertz CT molecular complexity index is 647. The molecule has 5 nitrogen and oxygen atoms in total. The van der Waals surface area contributed by atoms with Gasteiger partial charge in [0.15, 0.2) is 0 Å². The van der Waals surface area contributed by atoms with Gasteiger partial charge in [-0.05, 0) is 48.3 Å². The average Bonchev–Trinajstić information content (AvgIpc) is 3.04. The van der Waals surface area contributed by atoms with Gasteiger partial charge in [-0.1, -0.05) is 12.1 Å². The van der Waals surface area contributed by atoms with Crippen LogP contribution in [0.5, 0.6) is 0 Å². The normalized spacial score (nSPS) is 25.1. The number of carbonyl (C=O) groups excluding carboxylic acids is 1. The number of hydrogen-bond acceptors (Lipinski definition) is 4. The molecule has 2 heterocycles. The summed E-state index contributed by atoms with van der Waals surface area (Å²) in [5.41, 5.74) is 1.85. The monoisotopic (exact) mass is 341 g/mol. The van der Waals surface area contributed by atoms with E-state index in [0.717, 1.165) is 51.1 Å². The molecule has 0 saturated carbocycles. The van der Waals surface area contributed by atoms with E-state index >= 15 is 0 Å². The van der Waals surface area contributed by atoms with Crippen molar-refractivity contribution in [3.8, 4) is 6.07 Å². The number of piperidine rings is 1. The van der Waals surface area contributed by atoms with Crippen LogP contribution >= 0.6 is 0 Å². The van der Waals surface area contributed by atoms with Crippen molar-refractivity contribution in [3.05, 3.63) is 35.4 Å². The van der Waals surface area contributed by atoms with Crippen molar-refractivity contribution >= 4 is 5.91 Å². The van der Waals surface area contributed by atoms with E-state index in [2.05, 4.69) is 17.0 Å². The highest BCUT2D eigenvalue weighted by Gasteiger charge is 2.38. The molecule has 5 heteroatoms. The van der Waals surface area contributed by atoms with Gasteiger partial charge in [-0.25, -0.2) is 0 Å². The predicted molar refractivity (Wildman–Crippen MR) is 95.5 cm³/mol. The number of hydrogen-bond donors (Lipinski definition) is 1. The second-order valence-electron chi connectivity index (χ2n) is 7.46. The van der Waals surface area contributed by atoms with Crippen LogP contribution in [0.1, 0.15) is 30.9 Å². The lowest BCUT2D eigenvalue weighted by atomic mass is 9.79. The molecule has 2 atom stereocenters. The van der Waals surface area contributed by atoms with Gasteiger partial charge < -0.3 is 10.0 Å². The number of nitrogens with zero attached hydrogens (tertiary/aromatic N) is 3. The van der Waals surface area contributed by atoms with Crippen molar-refractivity contribution in [3.63, 3.8) is 0 Å². The Morgan fingerprint density at radius 1 is 1.32 bits per heavy atom. The molecule has 0 radical (unpaired) electrons. The fraction of sp³-hybridized carbons (Fsp3) is 0.600.